The van der Waals surface area contributed by atoms with Gasteiger partial charge in [-0.15, -0.1) is 0 Å². The maximum Gasteiger partial charge on any atom is 0.238 e. The van der Waals surface area contributed by atoms with Crippen LogP contribution in [0.4, 0.5) is 5.69 Å². The van der Waals surface area contributed by atoms with Crippen LogP contribution in [0.1, 0.15) is 29.4 Å². The second-order valence-corrected chi connectivity index (χ2v) is 10.6. The molecule has 2 N–H and O–H groups in total. The van der Waals surface area contributed by atoms with Crippen LogP contribution >= 0.6 is 11.8 Å². The molecule has 0 fully saturated rings. The third kappa shape index (κ3) is 4.75. The van der Waals surface area contributed by atoms with E-state index in [9.17, 15) is 8.42 Å². The van der Waals surface area contributed by atoms with Crippen LogP contribution in [0.2, 0.25) is 0 Å². The summed E-state index contributed by atoms with van der Waals surface area (Å²) >= 11 is 1.82. The van der Waals surface area contributed by atoms with Gasteiger partial charge < -0.3 is 4.90 Å². The molecule has 0 saturated heterocycles. The number of thioether (sulfide) groups is 1. The van der Waals surface area contributed by atoms with Gasteiger partial charge in [0, 0.05) is 43.8 Å². The number of benzene rings is 2. The number of aryl methyl sites for hydroxylation is 3. The molecule has 4 rings (SSSR count). The molecule has 0 spiro atoms. The fraction of sp³-hybridized carbons (Fsp3) is 0.240. The number of para-hydroxylation sites is 1. The molecule has 5 nitrogen and oxygen atoms in total. The summed E-state index contributed by atoms with van der Waals surface area (Å²) in [5, 5.41) is 6.44. The van der Waals surface area contributed by atoms with Gasteiger partial charge in [0.25, 0.3) is 0 Å². The van der Waals surface area contributed by atoms with Crippen LogP contribution in [0.5, 0.6) is 0 Å². The first kappa shape index (κ1) is 22.6. The lowest BCUT2D eigenvalue weighted by Gasteiger charge is -2.18. The first-order valence-corrected chi connectivity index (χ1v) is 13.0. The number of primary sulfonamides is 1. The highest BCUT2D eigenvalue weighted by atomic mass is 32.2. The lowest BCUT2D eigenvalue weighted by atomic mass is 10.1. The topological polar surface area (TPSA) is 67.3 Å². The average Bonchev–Trinajstić information content (AvgIpc) is 3.09. The number of hydrogen-bond donors (Lipinski definition) is 1. The van der Waals surface area contributed by atoms with Crippen molar-refractivity contribution in [3.63, 3.8) is 0 Å². The van der Waals surface area contributed by atoms with Crippen LogP contribution in [0.25, 0.3) is 6.08 Å². The molecular formula is C25H28N3O2S2+. The van der Waals surface area contributed by atoms with E-state index >= 15 is 0 Å². The van der Waals surface area contributed by atoms with Crippen LogP contribution in [0.15, 0.2) is 75.5 Å². The fourth-order valence-corrected chi connectivity index (χ4v) is 5.81. The van der Waals surface area contributed by atoms with Crippen LogP contribution in [0.3, 0.4) is 0 Å². The number of anilines is 1. The molecule has 1 aliphatic heterocycles. The van der Waals surface area contributed by atoms with Gasteiger partial charge in [0.1, 0.15) is 0 Å². The summed E-state index contributed by atoms with van der Waals surface area (Å²) in [7, 11) is -3.65. The van der Waals surface area contributed by atoms with Crippen LogP contribution in [-0.4, -0.2) is 15.0 Å². The van der Waals surface area contributed by atoms with Crippen molar-refractivity contribution in [3.8, 4) is 0 Å². The predicted molar refractivity (Wildman–Crippen MR) is 131 cm³/mol. The van der Waals surface area contributed by atoms with Crippen LogP contribution < -0.4 is 14.6 Å². The second-order valence-electron chi connectivity index (χ2n) is 7.96. The van der Waals surface area contributed by atoms with Gasteiger partial charge in [0.2, 0.25) is 10.0 Å². The highest BCUT2D eigenvalue weighted by molar-refractivity contribution is 8.03. The quantitative estimate of drug-likeness (QED) is 0.547. The molecule has 2 aromatic carbocycles. The molecule has 0 bridgehead atoms. The number of sulfonamides is 1. The highest BCUT2D eigenvalue weighted by Gasteiger charge is 2.23. The van der Waals surface area contributed by atoms with Crippen molar-refractivity contribution >= 4 is 33.5 Å². The Balaban J connectivity index is 1.52. The van der Waals surface area contributed by atoms with Crippen LogP contribution in [-0.2, 0) is 23.0 Å². The molecule has 2 heterocycles. The van der Waals surface area contributed by atoms with E-state index in [1.165, 1.54) is 32.6 Å². The Hall–Kier alpha value is -2.61. The summed E-state index contributed by atoms with van der Waals surface area (Å²) in [5.41, 5.74) is 5.94. The van der Waals surface area contributed by atoms with Gasteiger partial charge in [-0.25, -0.2) is 13.6 Å². The number of pyridine rings is 1. The number of nitrogens with zero attached hydrogens (tertiary/aromatic N) is 2. The Kier molecular flexibility index (Phi) is 6.42. The first-order valence-electron chi connectivity index (χ1n) is 10.6. The van der Waals surface area contributed by atoms with Gasteiger partial charge in [-0.1, -0.05) is 36.0 Å². The van der Waals surface area contributed by atoms with Crippen molar-refractivity contribution in [2.75, 3.05) is 11.4 Å². The molecule has 32 heavy (non-hydrogen) atoms. The molecule has 1 aromatic heterocycles. The van der Waals surface area contributed by atoms with Crippen molar-refractivity contribution < 1.29 is 13.0 Å². The lowest BCUT2D eigenvalue weighted by molar-refractivity contribution is -0.708. The van der Waals surface area contributed by atoms with E-state index in [1.54, 1.807) is 12.1 Å². The minimum atomic E-state index is -3.65. The van der Waals surface area contributed by atoms with Crippen molar-refractivity contribution in [1.82, 2.24) is 0 Å². The third-order valence-electron chi connectivity index (χ3n) is 5.72. The second kappa shape index (κ2) is 9.10. The number of nitrogens with two attached hydrogens (primary N) is 1. The molecule has 0 radical (unpaired) electrons. The molecular weight excluding hydrogens is 438 g/mol. The number of aromatic nitrogens is 1. The van der Waals surface area contributed by atoms with Crippen molar-refractivity contribution in [1.29, 1.82) is 0 Å². The lowest BCUT2D eigenvalue weighted by Crippen LogP contribution is -2.41. The molecule has 0 atom stereocenters. The smallest absolute Gasteiger partial charge is 0.238 e. The normalized spacial score (nSPS) is 14.8. The van der Waals surface area contributed by atoms with E-state index in [4.69, 9.17) is 5.14 Å². The van der Waals surface area contributed by atoms with Crippen molar-refractivity contribution in [3.05, 3.63) is 88.2 Å². The zero-order valence-electron chi connectivity index (χ0n) is 18.6. The maximum absolute atomic E-state index is 11.4. The van der Waals surface area contributed by atoms with Gasteiger partial charge in [-0.2, -0.15) is 4.57 Å². The van der Waals surface area contributed by atoms with Gasteiger partial charge in [-0.05, 0) is 48.4 Å². The van der Waals surface area contributed by atoms with Gasteiger partial charge in [0.05, 0.1) is 15.6 Å². The maximum atomic E-state index is 11.4. The van der Waals surface area contributed by atoms with Gasteiger partial charge in [0.15, 0.2) is 17.9 Å². The summed E-state index contributed by atoms with van der Waals surface area (Å²) in [5.74, 6) is 0. The minimum Gasteiger partial charge on any atom is -0.335 e. The molecule has 0 amide bonds. The first-order chi connectivity index (χ1) is 15.3. The van der Waals surface area contributed by atoms with Crippen molar-refractivity contribution in [2.45, 2.75) is 43.5 Å². The molecule has 3 aromatic rings. The Bertz CT molecular complexity index is 1260. The SMILES string of the molecule is CCN1/C(=C/c2cc(C)[n+](CCc3ccc(S(N)(=O)=O)cc3)c(C)c2)Sc2ccccc21. The standard InChI is InChI=1S/C25H28N3O2S2/c1-4-27-23-7-5-6-8-24(23)31-25(27)17-21-15-18(2)28(19(3)16-21)14-13-20-9-11-22(12-10-20)32(26,29)30/h5-12,15-17H,4,13-14H2,1-3H3,(H2,26,29,30)/q+1. The van der Waals surface area contributed by atoms with Gasteiger partial charge in [-0.3, -0.25) is 0 Å². The number of rotatable bonds is 6. The summed E-state index contributed by atoms with van der Waals surface area (Å²) in [6.07, 6.45) is 3.08. The van der Waals surface area contributed by atoms with E-state index < -0.39 is 10.0 Å². The fourth-order valence-electron chi connectivity index (χ4n) is 4.11. The zero-order valence-corrected chi connectivity index (χ0v) is 20.2. The van der Waals surface area contributed by atoms with E-state index in [2.05, 4.69) is 72.7 Å². The van der Waals surface area contributed by atoms with E-state index in [0.29, 0.717) is 0 Å². The molecule has 0 saturated carbocycles. The van der Waals surface area contributed by atoms with E-state index in [0.717, 1.165) is 25.1 Å². The average molecular weight is 467 g/mol. The van der Waals surface area contributed by atoms with Crippen molar-refractivity contribution in [2.24, 2.45) is 5.14 Å². The summed E-state index contributed by atoms with van der Waals surface area (Å²) < 4.78 is 25.2. The van der Waals surface area contributed by atoms with Gasteiger partial charge >= 0.3 is 0 Å². The largest absolute Gasteiger partial charge is 0.335 e. The molecule has 0 unspecified atom stereocenters. The van der Waals surface area contributed by atoms with E-state index in [1.807, 2.05) is 23.9 Å². The summed E-state index contributed by atoms with van der Waals surface area (Å²) in [6.45, 7) is 8.21. The molecule has 166 valence electrons. The Morgan fingerprint density at radius 3 is 2.31 bits per heavy atom. The molecule has 0 aliphatic carbocycles. The van der Waals surface area contributed by atoms with E-state index in [-0.39, 0.29) is 4.90 Å². The minimum absolute atomic E-state index is 0.145. The Morgan fingerprint density at radius 1 is 1.03 bits per heavy atom. The summed E-state index contributed by atoms with van der Waals surface area (Å²) in [6, 6.07) is 19.8. The third-order valence-corrected chi connectivity index (χ3v) is 7.76. The molecule has 7 heteroatoms. The predicted octanol–water partition coefficient (Wildman–Crippen LogP) is 4.41. The molecule has 1 aliphatic rings. The van der Waals surface area contributed by atoms with Crippen LogP contribution in [0, 0.1) is 13.8 Å². The Labute approximate surface area is 194 Å². The number of fused-ring (bicyclic) bond motifs is 1. The Morgan fingerprint density at radius 2 is 1.69 bits per heavy atom. The number of hydrogen-bond acceptors (Lipinski definition) is 4. The highest BCUT2D eigenvalue weighted by Crippen LogP contribution is 2.46. The summed E-state index contributed by atoms with van der Waals surface area (Å²) in [4.78, 5) is 3.80. The zero-order chi connectivity index (χ0) is 22.9. The monoisotopic (exact) mass is 466 g/mol.